The van der Waals surface area contributed by atoms with Gasteiger partial charge in [0.25, 0.3) is 10.0 Å². The van der Waals surface area contributed by atoms with E-state index in [1.54, 1.807) is 12.3 Å². The summed E-state index contributed by atoms with van der Waals surface area (Å²) in [6, 6.07) is 18.5. The molecule has 1 aromatic heterocycles. The van der Waals surface area contributed by atoms with E-state index in [0.717, 1.165) is 10.8 Å². The Bertz CT molecular complexity index is 1450. The average Bonchev–Trinajstić information content (AvgIpc) is 2.75. The lowest BCUT2D eigenvalue weighted by molar-refractivity contribution is -0.114. The molecule has 0 saturated heterocycles. The number of rotatable bonds is 5. The molecular formula is C23H17Cl2N3O3S. The van der Waals surface area contributed by atoms with Crippen molar-refractivity contribution in [3.63, 3.8) is 0 Å². The standard InChI is InChI=1S/C23H17Cl2N3O3S/c1-14(29)27-16-6-9-22(21(25)12-16)28-32(30,31)17-7-8-20(24)19(13-17)23-18-5-3-2-4-15(18)10-11-26-23/h2-13,28H,1H3,(H,27,29). The number of hydrogen-bond donors (Lipinski definition) is 2. The van der Waals surface area contributed by atoms with Crippen LogP contribution in [0.15, 0.2) is 77.8 Å². The first-order chi connectivity index (χ1) is 15.2. The maximum atomic E-state index is 13.1. The van der Waals surface area contributed by atoms with Crippen LogP contribution in [0, 0.1) is 0 Å². The summed E-state index contributed by atoms with van der Waals surface area (Å²) in [5.74, 6) is -0.259. The summed E-state index contributed by atoms with van der Waals surface area (Å²) in [7, 11) is -3.98. The second kappa shape index (κ2) is 8.78. The molecule has 4 aromatic rings. The molecule has 162 valence electrons. The fraction of sp³-hybridized carbons (Fsp3) is 0.0435. The summed E-state index contributed by atoms with van der Waals surface area (Å²) in [4.78, 5) is 15.6. The molecule has 6 nitrogen and oxygen atoms in total. The molecule has 3 aromatic carbocycles. The number of fused-ring (bicyclic) bond motifs is 1. The zero-order chi connectivity index (χ0) is 22.9. The van der Waals surface area contributed by atoms with Gasteiger partial charge in [0.15, 0.2) is 0 Å². The number of benzene rings is 3. The number of aromatic nitrogens is 1. The largest absolute Gasteiger partial charge is 0.326 e. The van der Waals surface area contributed by atoms with Crippen molar-refractivity contribution in [2.45, 2.75) is 11.8 Å². The second-order valence-corrected chi connectivity index (χ2v) is 9.50. The SMILES string of the molecule is CC(=O)Nc1ccc(NS(=O)(=O)c2ccc(Cl)c(-c3nccc4ccccc34)c2)c(Cl)c1. The summed E-state index contributed by atoms with van der Waals surface area (Å²) in [6.07, 6.45) is 1.66. The van der Waals surface area contributed by atoms with Gasteiger partial charge in [0.05, 0.1) is 26.3 Å². The highest BCUT2D eigenvalue weighted by Crippen LogP contribution is 2.34. The van der Waals surface area contributed by atoms with E-state index in [1.165, 1.54) is 37.3 Å². The summed E-state index contributed by atoms with van der Waals surface area (Å²) in [5, 5.41) is 4.94. The van der Waals surface area contributed by atoms with Crippen molar-refractivity contribution in [3.8, 4) is 11.3 Å². The van der Waals surface area contributed by atoms with E-state index in [0.29, 0.717) is 22.0 Å². The lowest BCUT2D eigenvalue weighted by Crippen LogP contribution is -2.14. The van der Waals surface area contributed by atoms with Crippen molar-refractivity contribution in [3.05, 3.63) is 83.0 Å². The number of nitrogens with zero attached hydrogens (tertiary/aromatic N) is 1. The van der Waals surface area contributed by atoms with Crippen molar-refractivity contribution >= 4 is 61.3 Å². The molecule has 4 rings (SSSR count). The molecule has 0 atom stereocenters. The summed E-state index contributed by atoms with van der Waals surface area (Å²) in [5.41, 5.74) is 1.73. The maximum absolute atomic E-state index is 13.1. The van der Waals surface area contributed by atoms with E-state index < -0.39 is 10.0 Å². The highest BCUT2D eigenvalue weighted by molar-refractivity contribution is 7.92. The van der Waals surface area contributed by atoms with E-state index >= 15 is 0 Å². The number of halogens is 2. The van der Waals surface area contributed by atoms with Crippen LogP contribution in [0.25, 0.3) is 22.0 Å². The lowest BCUT2D eigenvalue weighted by atomic mass is 10.0. The topological polar surface area (TPSA) is 88.2 Å². The molecule has 1 heterocycles. The normalized spacial score (nSPS) is 11.3. The molecule has 0 aliphatic heterocycles. The van der Waals surface area contributed by atoms with Crippen molar-refractivity contribution in [1.29, 1.82) is 0 Å². The first kappa shape index (κ1) is 22.1. The van der Waals surface area contributed by atoms with Gasteiger partial charge >= 0.3 is 0 Å². The summed E-state index contributed by atoms with van der Waals surface area (Å²) in [6.45, 7) is 1.37. The van der Waals surface area contributed by atoms with Gasteiger partial charge in [0, 0.05) is 29.8 Å². The molecule has 2 N–H and O–H groups in total. The number of pyridine rings is 1. The van der Waals surface area contributed by atoms with E-state index in [9.17, 15) is 13.2 Å². The number of anilines is 2. The molecule has 0 radical (unpaired) electrons. The van der Waals surface area contributed by atoms with Gasteiger partial charge in [-0.15, -0.1) is 0 Å². The Labute approximate surface area is 195 Å². The second-order valence-electron chi connectivity index (χ2n) is 7.00. The minimum absolute atomic E-state index is 0.00800. The van der Waals surface area contributed by atoms with Gasteiger partial charge in [0.2, 0.25) is 5.91 Å². The third-order valence-corrected chi connectivity index (χ3v) is 6.72. The number of hydrogen-bond acceptors (Lipinski definition) is 4. The van der Waals surface area contributed by atoms with Crippen LogP contribution in [0.4, 0.5) is 11.4 Å². The maximum Gasteiger partial charge on any atom is 0.261 e. The van der Waals surface area contributed by atoms with E-state index in [1.807, 2.05) is 30.3 Å². The van der Waals surface area contributed by atoms with Crippen molar-refractivity contribution in [2.75, 3.05) is 10.0 Å². The molecule has 0 spiro atoms. The number of carbonyl (C=O) groups excluding carboxylic acids is 1. The van der Waals surface area contributed by atoms with Gasteiger partial charge in [-0.2, -0.15) is 0 Å². The molecule has 0 saturated carbocycles. The Hall–Kier alpha value is -3.13. The lowest BCUT2D eigenvalue weighted by Gasteiger charge is -2.13. The third kappa shape index (κ3) is 4.55. The van der Waals surface area contributed by atoms with Crippen LogP contribution >= 0.6 is 23.2 Å². The summed E-state index contributed by atoms with van der Waals surface area (Å²) < 4.78 is 28.6. The van der Waals surface area contributed by atoms with Gasteiger partial charge in [-0.1, -0.05) is 47.5 Å². The number of amides is 1. The minimum atomic E-state index is -3.98. The third-order valence-electron chi connectivity index (χ3n) is 4.71. The minimum Gasteiger partial charge on any atom is -0.326 e. The monoisotopic (exact) mass is 485 g/mol. The smallest absolute Gasteiger partial charge is 0.261 e. The summed E-state index contributed by atoms with van der Waals surface area (Å²) >= 11 is 12.6. The van der Waals surface area contributed by atoms with Gasteiger partial charge in [-0.05, 0) is 47.9 Å². The highest BCUT2D eigenvalue weighted by Gasteiger charge is 2.19. The Balaban J connectivity index is 1.72. The van der Waals surface area contributed by atoms with Crippen LogP contribution < -0.4 is 10.0 Å². The van der Waals surface area contributed by atoms with Crippen molar-refractivity contribution in [1.82, 2.24) is 4.98 Å². The molecule has 0 aliphatic rings. The molecule has 0 bridgehead atoms. The molecule has 32 heavy (non-hydrogen) atoms. The Morgan fingerprint density at radius 1 is 0.938 bits per heavy atom. The van der Waals surface area contributed by atoms with Crippen LogP contribution in [0.2, 0.25) is 10.0 Å². The molecular weight excluding hydrogens is 469 g/mol. The highest BCUT2D eigenvalue weighted by atomic mass is 35.5. The van der Waals surface area contributed by atoms with Gasteiger partial charge in [-0.25, -0.2) is 8.42 Å². The van der Waals surface area contributed by atoms with Crippen molar-refractivity contribution < 1.29 is 13.2 Å². The zero-order valence-electron chi connectivity index (χ0n) is 16.8. The van der Waals surface area contributed by atoms with Crippen LogP contribution in [0.5, 0.6) is 0 Å². The molecule has 0 unspecified atom stereocenters. The van der Waals surface area contributed by atoms with Crippen molar-refractivity contribution in [2.24, 2.45) is 0 Å². The molecule has 9 heteroatoms. The van der Waals surface area contributed by atoms with Crippen LogP contribution in [-0.4, -0.2) is 19.3 Å². The van der Waals surface area contributed by atoms with Gasteiger partial charge < -0.3 is 5.32 Å². The Morgan fingerprint density at radius 3 is 2.47 bits per heavy atom. The zero-order valence-corrected chi connectivity index (χ0v) is 19.1. The predicted molar refractivity (Wildman–Crippen MR) is 129 cm³/mol. The quantitative estimate of drug-likeness (QED) is 0.364. The average molecular weight is 486 g/mol. The number of nitrogens with one attached hydrogen (secondary N) is 2. The Kier molecular flexibility index (Phi) is 6.06. The molecule has 0 fully saturated rings. The van der Waals surface area contributed by atoms with Crippen LogP contribution in [0.3, 0.4) is 0 Å². The first-order valence-corrected chi connectivity index (χ1v) is 11.7. The van der Waals surface area contributed by atoms with Gasteiger partial charge in [-0.3, -0.25) is 14.5 Å². The Morgan fingerprint density at radius 2 is 1.72 bits per heavy atom. The number of sulfonamides is 1. The van der Waals surface area contributed by atoms with E-state index in [4.69, 9.17) is 23.2 Å². The molecule has 0 aliphatic carbocycles. The van der Waals surface area contributed by atoms with E-state index in [-0.39, 0.29) is 21.5 Å². The van der Waals surface area contributed by atoms with Crippen LogP contribution in [0.1, 0.15) is 6.92 Å². The van der Waals surface area contributed by atoms with Gasteiger partial charge in [0.1, 0.15) is 0 Å². The number of carbonyl (C=O) groups is 1. The molecule has 1 amide bonds. The fourth-order valence-corrected chi connectivity index (χ4v) is 4.87. The van der Waals surface area contributed by atoms with E-state index in [2.05, 4.69) is 15.0 Å². The fourth-order valence-electron chi connectivity index (χ4n) is 3.27. The first-order valence-electron chi connectivity index (χ1n) is 9.48. The van der Waals surface area contributed by atoms with Crippen LogP contribution in [-0.2, 0) is 14.8 Å². The predicted octanol–water partition coefficient (Wildman–Crippen LogP) is 5.97.